The van der Waals surface area contributed by atoms with Crippen molar-refractivity contribution in [1.29, 1.82) is 5.26 Å². The van der Waals surface area contributed by atoms with Crippen molar-refractivity contribution < 1.29 is 14.3 Å². The zero-order chi connectivity index (χ0) is 15.5. The standard InChI is InChI=1S/C17H18N2O3/c1-12-8-14-9-13(2-3-16(14)22-12)10-15(11-18)17(20)19-4-6-21-7-5-19/h2-3,9-10,12H,4-8H2,1H3. The molecule has 1 saturated heterocycles. The van der Waals surface area contributed by atoms with Crippen LogP contribution in [-0.4, -0.2) is 43.2 Å². The zero-order valence-electron chi connectivity index (χ0n) is 12.5. The molecule has 0 aromatic heterocycles. The van der Waals surface area contributed by atoms with Gasteiger partial charge in [-0.1, -0.05) is 6.07 Å². The molecular formula is C17H18N2O3. The van der Waals surface area contributed by atoms with Crippen molar-refractivity contribution in [3.63, 3.8) is 0 Å². The lowest BCUT2D eigenvalue weighted by molar-refractivity contribution is -0.130. The van der Waals surface area contributed by atoms with Crippen LogP contribution in [0.25, 0.3) is 6.08 Å². The summed E-state index contributed by atoms with van der Waals surface area (Å²) in [5.41, 5.74) is 2.14. The number of carbonyl (C=O) groups excluding carboxylic acids is 1. The summed E-state index contributed by atoms with van der Waals surface area (Å²) in [6, 6.07) is 7.79. The lowest BCUT2D eigenvalue weighted by atomic mass is 10.0. The Hall–Kier alpha value is -2.32. The Kier molecular flexibility index (Phi) is 4.12. The smallest absolute Gasteiger partial charge is 0.264 e. The van der Waals surface area contributed by atoms with E-state index in [1.807, 2.05) is 31.2 Å². The molecule has 1 unspecified atom stereocenters. The molecule has 3 rings (SSSR count). The molecule has 1 aromatic carbocycles. The van der Waals surface area contributed by atoms with Crippen molar-refractivity contribution in [2.75, 3.05) is 26.3 Å². The summed E-state index contributed by atoms with van der Waals surface area (Å²) in [7, 11) is 0. The van der Waals surface area contributed by atoms with Gasteiger partial charge >= 0.3 is 0 Å². The largest absolute Gasteiger partial charge is 0.490 e. The first-order valence-corrected chi connectivity index (χ1v) is 7.46. The molecule has 0 spiro atoms. The molecule has 1 aromatic rings. The van der Waals surface area contributed by atoms with E-state index in [0.717, 1.165) is 23.3 Å². The summed E-state index contributed by atoms with van der Waals surface area (Å²) in [6.45, 7) is 4.15. The second kappa shape index (κ2) is 6.20. The van der Waals surface area contributed by atoms with Gasteiger partial charge in [-0.05, 0) is 36.3 Å². The maximum absolute atomic E-state index is 12.4. The SMILES string of the molecule is CC1Cc2cc(C=C(C#N)C(=O)N3CCOCC3)ccc2O1. The Bertz CT molecular complexity index is 654. The quantitative estimate of drug-likeness (QED) is 0.617. The molecule has 1 amide bonds. The van der Waals surface area contributed by atoms with E-state index in [1.54, 1.807) is 11.0 Å². The summed E-state index contributed by atoms with van der Waals surface area (Å²) in [5.74, 6) is 0.665. The van der Waals surface area contributed by atoms with Crippen LogP contribution in [-0.2, 0) is 16.0 Å². The van der Waals surface area contributed by atoms with Crippen molar-refractivity contribution >= 4 is 12.0 Å². The molecule has 2 heterocycles. The lowest BCUT2D eigenvalue weighted by Gasteiger charge is -2.26. The van der Waals surface area contributed by atoms with Crippen LogP contribution in [0.2, 0.25) is 0 Å². The topological polar surface area (TPSA) is 62.6 Å². The van der Waals surface area contributed by atoms with E-state index in [-0.39, 0.29) is 17.6 Å². The number of hydrogen-bond donors (Lipinski definition) is 0. The number of nitrogens with zero attached hydrogens (tertiary/aromatic N) is 2. The maximum Gasteiger partial charge on any atom is 0.264 e. The molecule has 114 valence electrons. The van der Waals surface area contributed by atoms with E-state index >= 15 is 0 Å². The van der Waals surface area contributed by atoms with E-state index in [1.165, 1.54) is 0 Å². The number of benzene rings is 1. The zero-order valence-corrected chi connectivity index (χ0v) is 12.5. The van der Waals surface area contributed by atoms with Crippen LogP contribution >= 0.6 is 0 Å². The number of ether oxygens (including phenoxy) is 2. The molecule has 0 saturated carbocycles. The Balaban J connectivity index is 1.81. The van der Waals surface area contributed by atoms with Gasteiger partial charge in [-0.3, -0.25) is 4.79 Å². The van der Waals surface area contributed by atoms with Crippen molar-refractivity contribution in [3.05, 3.63) is 34.9 Å². The number of rotatable bonds is 2. The summed E-state index contributed by atoms with van der Waals surface area (Å²) in [6.07, 6.45) is 2.69. The number of morpholine rings is 1. The second-order valence-corrected chi connectivity index (χ2v) is 5.57. The maximum atomic E-state index is 12.4. The van der Waals surface area contributed by atoms with Crippen LogP contribution in [0.15, 0.2) is 23.8 Å². The number of nitriles is 1. The highest BCUT2D eigenvalue weighted by atomic mass is 16.5. The first-order chi connectivity index (χ1) is 10.7. The Morgan fingerprint density at radius 1 is 1.41 bits per heavy atom. The summed E-state index contributed by atoms with van der Waals surface area (Å²) in [5, 5.41) is 9.30. The summed E-state index contributed by atoms with van der Waals surface area (Å²) >= 11 is 0. The summed E-state index contributed by atoms with van der Waals surface area (Å²) < 4.78 is 10.9. The Morgan fingerprint density at radius 3 is 2.91 bits per heavy atom. The van der Waals surface area contributed by atoms with Crippen LogP contribution in [0, 0.1) is 11.3 Å². The molecule has 2 aliphatic heterocycles. The number of hydrogen-bond acceptors (Lipinski definition) is 4. The highest BCUT2D eigenvalue weighted by molar-refractivity contribution is 6.01. The third-order valence-corrected chi connectivity index (χ3v) is 3.88. The minimum Gasteiger partial charge on any atom is -0.490 e. The molecule has 2 aliphatic rings. The van der Waals surface area contributed by atoms with Crippen LogP contribution < -0.4 is 4.74 Å². The number of carbonyl (C=O) groups is 1. The molecule has 5 nitrogen and oxygen atoms in total. The fourth-order valence-electron chi connectivity index (χ4n) is 2.78. The molecule has 0 radical (unpaired) electrons. The van der Waals surface area contributed by atoms with Gasteiger partial charge in [0.25, 0.3) is 5.91 Å². The second-order valence-electron chi connectivity index (χ2n) is 5.57. The number of fused-ring (bicyclic) bond motifs is 1. The molecule has 0 N–H and O–H groups in total. The van der Waals surface area contributed by atoms with Crippen LogP contribution in [0.3, 0.4) is 0 Å². The lowest BCUT2D eigenvalue weighted by Crippen LogP contribution is -2.41. The molecule has 0 aliphatic carbocycles. The van der Waals surface area contributed by atoms with Crippen molar-refractivity contribution in [2.24, 2.45) is 0 Å². The van der Waals surface area contributed by atoms with Crippen LogP contribution in [0.5, 0.6) is 5.75 Å². The van der Waals surface area contributed by atoms with Crippen LogP contribution in [0.1, 0.15) is 18.1 Å². The van der Waals surface area contributed by atoms with Crippen molar-refractivity contribution in [2.45, 2.75) is 19.4 Å². The predicted molar refractivity (Wildman–Crippen MR) is 81.2 cm³/mol. The Morgan fingerprint density at radius 2 is 2.18 bits per heavy atom. The van der Waals surface area contributed by atoms with E-state index < -0.39 is 0 Å². The summed E-state index contributed by atoms with van der Waals surface area (Å²) in [4.78, 5) is 14.0. The van der Waals surface area contributed by atoms with E-state index in [4.69, 9.17) is 9.47 Å². The molecule has 0 bridgehead atoms. The monoisotopic (exact) mass is 298 g/mol. The minimum atomic E-state index is -0.226. The first kappa shape index (κ1) is 14.6. The fourth-order valence-corrected chi connectivity index (χ4v) is 2.78. The van der Waals surface area contributed by atoms with Gasteiger partial charge in [0.2, 0.25) is 0 Å². The van der Waals surface area contributed by atoms with Crippen molar-refractivity contribution in [3.8, 4) is 11.8 Å². The van der Waals surface area contributed by atoms with Gasteiger partial charge in [0.05, 0.1) is 13.2 Å². The average molecular weight is 298 g/mol. The van der Waals surface area contributed by atoms with Gasteiger partial charge in [-0.15, -0.1) is 0 Å². The van der Waals surface area contributed by atoms with Gasteiger partial charge < -0.3 is 14.4 Å². The molecule has 1 fully saturated rings. The molecule has 22 heavy (non-hydrogen) atoms. The van der Waals surface area contributed by atoms with Gasteiger partial charge in [0.15, 0.2) is 0 Å². The van der Waals surface area contributed by atoms with Gasteiger partial charge in [-0.25, -0.2) is 0 Å². The molecule has 1 atom stereocenters. The van der Waals surface area contributed by atoms with E-state index in [2.05, 4.69) is 0 Å². The highest BCUT2D eigenvalue weighted by Gasteiger charge is 2.22. The first-order valence-electron chi connectivity index (χ1n) is 7.46. The predicted octanol–water partition coefficient (Wildman–Crippen LogP) is 1.78. The van der Waals surface area contributed by atoms with Gasteiger partial charge in [0, 0.05) is 19.5 Å². The third kappa shape index (κ3) is 2.97. The fraction of sp³-hybridized carbons (Fsp3) is 0.412. The van der Waals surface area contributed by atoms with Crippen LogP contribution in [0.4, 0.5) is 0 Å². The minimum absolute atomic E-state index is 0.161. The molecular weight excluding hydrogens is 280 g/mol. The van der Waals surface area contributed by atoms with E-state index in [9.17, 15) is 10.1 Å². The third-order valence-electron chi connectivity index (χ3n) is 3.88. The molecule has 5 heteroatoms. The Labute approximate surface area is 129 Å². The average Bonchev–Trinajstić information content (AvgIpc) is 2.92. The van der Waals surface area contributed by atoms with Gasteiger partial charge in [-0.2, -0.15) is 5.26 Å². The van der Waals surface area contributed by atoms with Gasteiger partial charge in [0.1, 0.15) is 23.5 Å². The highest BCUT2D eigenvalue weighted by Crippen LogP contribution is 2.30. The number of amides is 1. The van der Waals surface area contributed by atoms with Crippen molar-refractivity contribution in [1.82, 2.24) is 4.90 Å². The van der Waals surface area contributed by atoms with E-state index in [0.29, 0.717) is 26.3 Å². The normalized spacial score (nSPS) is 21.0.